The number of hydrogen-bond acceptors (Lipinski definition) is 5. The smallest absolute Gasteiger partial charge is 0.270 e. The highest BCUT2D eigenvalue weighted by Crippen LogP contribution is 2.27. The predicted molar refractivity (Wildman–Crippen MR) is 85.6 cm³/mol. The van der Waals surface area contributed by atoms with Crippen LogP contribution in [-0.2, 0) is 0 Å². The molecule has 1 heterocycles. The maximum absolute atomic E-state index is 12.3. The second-order valence-corrected chi connectivity index (χ2v) is 6.08. The lowest BCUT2D eigenvalue weighted by Crippen LogP contribution is -2.31. The molecule has 23 heavy (non-hydrogen) atoms. The number of carbonyl (C=O) groups excluding carboxylic acids is 2. The Morgan fingerprint density at radius 1 is 1.00 bits per heavy atom. The second-order valence-electron chi connectivity index (χ2n) is 4.91. The Morgan fingerprint density at radius 2 is 1.70 bits per heavy atom. The minimum Gasteiger partial charge on any atom is -0.273 e. The number of thioether (sulfide) groups is 1. The zero-order valence-corrected chi connectivity index (χ0v) is 12.8. The van der Waals surface area contributed by atoms with Crippen LogP contribution in [0.4, 0.5) is 5.69 Å². The van der Waals surface area contributed by atoms with Gasteiger partial charge in [0.25, 0.3) is 17.5 Å². The van der Waals surface area contributed by atoms with Gasteiger partial charge in [0.05, 0.1) is 16.1 Å². The van der Waals surface area contributed by atoms with Gasteiger partial charge >= 0.3 is 0 Å². The van der Waals surface area contributed by atoms with Gasteiger partial charge in [-0.25, -0.2) is 0 Å². The summed E-state index contributed by atoms with van der Waals surface area (Å²) < 4.78 is 0. The topological polar surface area (TPSA) is 80.5 Å². The first kappa shape index (κ1) is 15.2. The third-order valence-electron chi connectivity index (χ3n) is 3.49. The van der Waals surface area contributed by atoms with Crippen LogP contribution in [0.5, 0.6) is 0 Å². The van der Waals surface area contributed by atoms with Crippen molar-refractivity contribution in [2.75, 3.05) is 12.3 Å². The number of non-ortho nitro benzene ring substituents is 1. The first-order valence-corrected chi connectivity index (χ1v) is 7.89. The highest BCUT2D eigenvalue weighted by atomic mass is 32.2. The van der Waals surface area contributed by atoms with E-state index < -0.39 is 16.7 Å². The van der Waals surface area contributed by atoms with Crippen molar-refractivity contribution in [3.05, 3.63) is 69.8 Å². The van der Waals surface area contributed by atoms with Crippen LogP contribution in [0.1, 0.15) is 20.7 Å². The predicted octanol–water partition coefficient (Wildman–Crippen LogP) is 2.98. The van der Waals surface area contributed by atoms with Crippen molar-refractivity contribution >= 4 is 29.3 Å². The number of rotatable bonds is 5. The van der Waals surface area contributed by atoms with Crippen LogP contribution in [0.2, 0.25) is 0 Å². The molecule has 116 valence electrons. The molecule has 1 aliphatic rings. The van der Waals surface area contributed by atoms with Gasteiger partial charge in [0.15, 0.2) is 0 Å². The van der Waals surface area contributed by atoms with Gasteiger partial charge in [0, 0.05) is 29.3 Å². The van der Waals surface area contributed by atoms with Crippen LogP contribution in [0, 0.1) is 10.1 Å². The van der Waals surface area contributed by atoms with Crippen molar-refractivity contribution in [1.29, 1.82) is 0 Å². The van der Waals surface area contributed by atoms with E-state index in [1.165, 1.54) is 18.2 Å². The zero-order valence-electron chi connectivity index (χ0n) is 12.0. The number of fused-ring (bicyclic) bond motifs is 1. The monoisotopic (exact) mass is 328 g/mol. The van der Waals surface area contributed by atoms with E-state index in [2.05, 4.69) is 0 Å². The lowest BCUT2D eigenvalue weighted by atomic mass is 10.1. The number of amides is 2. The van der Waals surface area contributed by atoms with Gasteiger partial charge < -0.3 is 0 Å². The van der Waals surface area contributed by atoms with E-state index in [0.29, 0.717) is 5.75 Å². The summed E-state index contributed by atoms with van der Waals surface area (Å²) in [5, 5.41) is 10.8. The van der Waals surface area contributed by atoms with Gasteiger partial charge in [0.2, 0.25) is 0 Å². The molecular weight excluding hydrogens is 316 g/mol. The third-order valence-corrected chi connectivity index (χ3v) is 4.48. The molecule has 2 aromatic rings. The molecule has 6 nitrogen and oxygen atoms in total. The zero-order chi connectivity index (χ0) is 16.4. The molecule has 7 heteroatoms. The number of benzene rings is 2. The van der Waals surface area contributed by atoms with Gasteiger partial charge in [-0.2, -0.15) is 0 Å². The van der Waals surface area contributed by atoms with Gasteiger partial charge in [-0.3, -0.25) is 24.6 Å². The highest BCUT2D eigenvalue weighted by Gasteiger charge is 2.36. The van der Waals surface area contributed by atoms with Crippen LogP contribution in [0.15, 0.2) is 53.4 Å². The summed E-state index contributed by atoms with van der Waals surface area (Å²) in [5.74, 6) is -0.298. The molecule has 0 radical (unpaired) electrons. The summed E-state index contributed by atoms with van der Waals surface area (Å²) >= 11 is 1.54. The molecule has 0 aromatic heterocycles. The average Bonchev–Trinajstić information content (AvgIpc) is 2.80. The molecule has 0 unspecified atom stereocenters. The Bertz CT molecular complexity index is 792. The highest BCUT2D eigenvalue weighted by molar-refractivity contribution is 7.99. The third kappa shape index (κ3) is 2.95. The molecule has 3 rings (SSSR count). The van der Waals surface area contributed by atoms with E-state index >= 15 is 0 Å². The minimum absolute atomic E-state index is 0.105. The van der Waals surface area contributed by atoms with Crippen molar-refractivity contribution in [2.45, 2.75) is 4.90 Å². The number of nitro groups is 1. The number of hydrogen-bond donors (Lipinski definition) is 0. The van der Waals surface area contributed by atoms with Gasteiger partial charge in [-0.05, 0) is 18.2 Å². The van der Waals surface area contributed by atoms with Gasteiger partial charge in [0.1, 0.15) is 0 Å². The summed E-state index contributed by atoms with van der Waals surface area (Å²) in [4.78, 5) is 37.0. The van der Waals surface area contributed by atoms with E-state index in [0.717, 1.165) is 9.80 Å². The molecule has 1 aliphatic heterocycles. The first-order chi connectivity index (χ1) is 11.1. The molecule has 2 amide bonds. The van der Waals surface area contributed by atoms with Gasteiger partial charge in [-0.15, -0.1) is 11.8 Å². The van der Waals surface area contributed by atoms with Crippen LogP contribution < -0.4 is 0 Å². The van der Waals surface area contributed by atoms with Gasteiger partial charge in [-0.1, -0.05) is 18.2 Å². The van der Waals surface area contributed by atoms with Crippen molar-refractivity contribution in [3.63, 3.8) is 0 Å². The van der Waals surface area contributed by atoms with Crippen LogP contribution in [-0.4, -0.2) is 33.9 Å². The second kappa shape index (κ2) is 6.21. The Kier molecular flexibility index (Phi) is 4.12. The average molecular weight is 328 g/mol. The van der Waals surface area contributed by atoms with E-state index in [-0.39, 0.29) is 23.4 Å². The number of carbonyl (C=O) groups is 2. The lowest BCUT2D eigenvalue weighted by Gasteiger charge is -2.13. The van der Waals surface area contributed by atoms with Crippen molar-refractivity contribution < 1.29 is 14.5 Å². The summed E-state index contributed by atoms with van der Waals surface area (Å²) in [6.45, 7) is 0.264. The summed E-state index contributed by atoms with van der Waals surface area (Å²) in [7, 11) is 0. The standard InChI is InChI=1S/C16H12N2O4S/c19-15-13-7-6-11(18(21)22)10-14(13)16(20)17(15)8-9-23-12-4-2-1-3-5-12/h1-7,10H,8-9H2. The molecule has 0 spiro atoms. The Balaban J connectivity index is 1.71. The quantitative estimate of drug-likeness (QED) is 0.365. The lowest BCUT2D eigenvalue weighted by molar-refractivity contribution is -0.384. The van der Waals surface area contributed by atoms with Crippen LogP contribution in [0.3, 0.4) is 0 Å². The normalized spacial score (nSPS) is 13.3. The van der Waals surface area contributed by atoms with Crippen molar-refractivity contribution in [1.82, 2.24) is 4.90 Å². The molecule has 0 N–H and O–H groups in total. The molecule has 0 saturated heterocycles. The largest absolute Gasteiger partial charge is 0.273 e. The van der Waals surface area contributed by atoms with E-state index in [1.807, 2.05) is 30.3 Å². The van der Waals surface area contributed by atoms with Crippen LogP contribution >= 0.6 is 11.8 Å². The number of nitrogens with zero attached hydrogens (tertiary/aromatic N) is 2. The van der Waals surface area contributed by atoms with E-state index in [1.54, 1.807) is 11.8 Å². The fourth-order valence-corrected chi connectivity index (χ4v) is 3.23. The fourth-order valence-electron chi connectivity index (χ4n) is 2.37. The maximum Gasteiger partial charge on any atom is 0.270 e. The summed E-state index contributed by atoms with van der Waals surface area (Å²) in [5.41, 5.74) is 0.143. The number of nitro benzene ring substituents is 1. The Hall–Kier alpha value is -2.67. The van der Waals surface area contributed by atoms with E-state index in [9.17, 15) is 19.7 Å². The number of imide groups is 1. The van der Waals surface area contributed by atoms with Crippen LogP contribution in [0.25, 0.3) is 0 Å². The molecule has 0 atom stereocenters. The minimum atomic E-state index is -0.577. The molecule has 0 saturated carbocycles. The first-order valence-electron chi connectivity index (χ1n) is 6.90. The summed E-state index contributed by atoms with van der Waals surface area (Å²) in [6.07, 6.45) is 0. The SMILES string of the molecule is O=C1c2ccc([N+](=O)[O-])cc2C(=O)N1CCSc1ccccc1. The fraction of sp³-hybridized carbons (Fsp3) is 0.125. The molecular formula is C16H12N2O4S. The molecule has 2 aromatic carbocycles. The Labute approximate surface area is 136 Å². The Morgan fingerprint density at radius 3 is 2.39 bits per heavy atom. The van der Waals surface area contributed by atoms with Crippen molar-refractivity contribution in [3.8, 4) is 0 Å². The summed E-state index contributed by atoms with van der Waals surface area (Å²) in [6, 6.07) is 13.4. The van der Waals surface area contributed by atoms with Crippen molar-refractivity contribution in [2.24, 2.45) is 0 Å². The maximum atomic E-state index is 12.3. The van der Waals surface area contributed by atoms with E-state index in [4.69, 9.17) is 0 Å². The molecule has 0 bridgehead atoms. The molecule has 0 fully saturated rings. The molecule has 0 aliphatic carbocycles.